The first-order valence-electron chi connectivity index (χ1n) is 8.15. The Morgan fingerprint density at radius 1 is 1.12 bits per heavy atom. The van der Waals surface area contributed by atoms with E-state index in [1.165, 1.54) is 0 Å². The number of nitrogens with one attached hydrogen (secondary N) is 1. The van der Waals surface area contributed by atoms with Gasteiger partial charge in [-0.15, -0.1) is 24.8 Å². The number of pyridine rings is 1. The number of nitrogens with two attached hydrogens (primary N) is 1. The molecule has 0 aliphatic heterocycles. The van der Waals surface area contributed by atoms with Crippen molar-refractivity contribution in [1.29, 1.82) is 0 Å². The molecule has 2 atom stereocenters. The minimum absolute atomic E-state index is 0. The van der Waals surface area contributed by atoms with Gasteiger partial charge in [0.1, 0.15) is 12.1 Å². The number of amides is 1. The summed E-state index contributed by atoms with van der Waals surface area (Å²) in [6.45, 7) is 0. The van der Waals surface area contributed by atoms with Crippen molar-refractivity contribution >= 4 is 47.4 Å². The lowest BCUT2D eigenvalue weighted by Crippen LogP contribution is -2.23. The highest BCUT2D eigenvalue weighted by Crippen LogP contribution is 2.25. The van der Waals surface area contributed by atoms with Crippen molar-refractivity contribution in [1.82, 2.24) is 14.5 Å². The van der Waals surface area contributed by atoms with Gasteiger partial charge in [-0.3, -0.25) is 9.36 Å². The number of carbonyl (C=O) groups is 1. The van der Waals surface area contributed by atoms with E-state index in [1.807, 2.05) is 41.0 Å². The highest BCUT2D eigenvalue weighted by Gasteiger charge is 2.27. The number of para-hydroxylation sites is 2. The summed E-state index contributed by atoms with van der Waals surface area (Å²) in [5.41, 5.74) is 8.50. The normalized spacial score (nSPS) is 18.8. The van der Waals surface area contributed by atoms with Crippen LogP contribution in [0.4, 0.5) is 5.69 Å². The molecule has 26 heavy (non-hydrogen) atoms. The molecule has 1 aromatic carbocycles. The number of hydrogen-bond donors (Lipinski definition) is 2. The van der Waals surface area contributed by atoms with Crippen LogP contribution in [0.3, 0.4) is 0 Å². The molecule has 1 aliphatic rings. The molecule has 1 amide bonds. The standard InChI is InChI=1S/C18H19N5O.2ClH/c19-13-6-5-12(9-13)18(24)22-14-7-8-17(20-10-14)23-11-21-15-3-1-2-4-16(15)23;;/h1-4,7-8,10-13H,5-6,9,19H2,(H,22,24);2*1H. The van der Waals surface area contributed by atoms with Gasteiger partial charge in [0.2, 0.25) is 5.91 Å². The molecule has 3 N–H and O–H groups in total. The second kappa shape index (κ2) is 8.49. The van der Waals surface area contributed by atoms with Crippen LogP contribution in [0.1, 0.15) is 19.3 Å². The first kappa shape index (κ1) is 20.2. The van der Waals surface area contributed by atoms with E-state index in [0.717, 1.165) is 36.1 Å². The zero-order valence-electron chi connectivity index (χ0n) is 14.0. The predicted molar refractivity (Wildman–Crippen MR) is 107 cm³/mol. The van der Waals surface area contributed by atoms with E-state index >= 15 is 0 Å². The summed E-state index contributed by atoms with van der Waals surface area (Å²) >= 11 is 0. The molecule has 0 saturated heterocycles. The lowest BCUT2D eigenvalue weighted by molar-refractivity contribution is -0.119. The molecule has 0 bridgehead atoms. The molecule has 138 valence electrons. The first-order valence-corrected chi connectivity index (χ1v) is 8.15. The fourth-order valence-corrected chi connectivity index (χ4v) is 3.24. The van der Waals surface area contributed by atoms with Crippen molar-refractivity contribution in [3.63, 3.8) is 0 Å². The van der Waals surface area contributed by atoms with E-state index in [4.69, 9.17) is 5.73 Å². The number of halogens is 2. The number of anilines is 1. The summed E-state index contributed by atoms with van der Waals surface area (Å²) in [6, 6.07) is 11.8. The highest BCUT2D eigenvalue weighted by molar-refractivity contribution is 5.92. The number of aromatic nitrogens is 3. The molecule has 3 aromatic rings. The van der Waals surface area contributed by atoms with Crippen LogP contribution in [0, 0.1) is 5.92 Å². The number of nitrogens with zero attached hydrogens (tertiary/aromatic N) is 3. The third-order valence-corrected chi connectivity index (χ3v) is 4.56. The fourth-order valence-electron chi connectivity index (χ4n) is 3.24. The molecule has 8 heteroatoms. The molecule has 2 heterocycles. The molecule has 2 aromatic heterocycles. The highest BCUT2D eigenvalue weighted by atomic mass is 35.5. The topological polar surface area (TPSA) is 85.8 Å². The van der Waals surface area contributed by atoms with Crippen molar-refractivity contribution in [3.8, 4) is 5.82 Å². The molecule has 0 spiro atoms. The molecule has 1 aliphatic carbocycles. The van der Waals surface area contributed by atoms with E-state index in [-0.39, 0.29) is 42.7 Å². The SMILES string of the molecule is Cl.Cl.NC1CCC(C(=O)Nc2ccc(-n3cnc4ccccc43)nc2)C1. The zero-order chi connectivity index (χ0) is 16.5. The van der Waals surface area contributed by atoms with Gasteiger partial charge < -0.3 is 11.1 Å². The van der Waals surface area contributed by atoms with Crippen molar-refractivity contribution in [2.24, 2.45) is 11.7 Å². The quantitative estimate of drug-likeness (QED) is 0.714. The lowest BCUT2D eigenvalue weighted by Gasteiger charge is -2.11. The fraction of sp³-hybridized carbons (Fsp3) is 0.278. The van der Waals surface area contributed by atoms with Crippen molar-refractivity contribution in [3.05, 3.63) is 48.9 Å². The Balaban J connectivity index is 0.00000121. The Morgan fingerprint density at radius 2 is 1.92 bits per heavy atom. The molecule has 6 nitrogen and oxygen atoms in total. The van der Waals surface area contributed by atoms with Gasteiger partial charge in [-0.2, -0.15) is 0 Å². The van der Waals surface area contributed by atoms with Gasteiger partial charge in [-0.05, 0) is 43.5 Å². The molecular formula is C18H21Cl2N5O. The van der Waals surface area contributed by atoms with Gasteiger partial charge in [0.05, 0.1) is 22.9 Å². The van der Waals surface area contributed by atoms with Crippen LogP contribution in [0.5, 0.6) is 0 Å². The van der Waals surface area contributed by atoms with Crippen LogP contribution in [-0.2, 0) is 4.79 Å². The van der Waals surface area contributed by atoms with Crippen molar-refractivity contribution in [2.75, 3.05) is 5.32 Å². The number of benzene rings is 1. The molecular weight excluding hydrogens is 373 g/mol. The largest absolute Gasteiger partial charge is 0.328 e. The van der Waals surface area contributed by atoms with Gasteiger partial charge in [0.25, 0.3) is 0 Å². The van der Waals surface area contributed by atoms with E-state index in [1.54, 1.807) is 12.5 Å². The van der Waals surface area contributed by atoms with Crippen molar-refractivity contribution in [2.45, 2.75) is 25.3 Å². The minimum atomic E-state index is 0. The third-order valence-electron chi connectivity index (χ3n) is 4.56. The Morgan fingerprint density at radius 3 is 2.62 bits per heavy atom. The predicted octanol–water partition coefficient (Wildman–Crippen LogP) is 3.33. The monoisotopic (exact) mass is 393 g/mol. The summed E-state index contributed by atoms with van der Waals surface area (Å²) < 4.78 is 1.93. The van der Waals surface area contributed by atoms with Crippen LogP contribution in [0.2, 0.25) is 0 Å². The number of hydrogen-bond acceptors (Lipinski definition) is 4. The zero-order valence-corrected chi connectivity index (χ0v) is 15.7. The molecule has 1 fully saturated rings. The summed E-state index contributed by atoms with van der Waals surface area (Å²) in [6.07, 6.45) is 5.98. The molecule has 2 unspecified atom stereocenters. The minimum Gasteiger partial charge on any atom is -0.328 e. The van der Waals surface area contributed by atoms with Gasteiger partial charge in [0, 0.05) is 12.0 Å². The lowest BCUT2D eigenvalue weighted by atomic mass is 10.1. The Bertz CT molecular complexity index is 881. The number of fused-ring (bicyclic) bond motifs is 1. The summed E-state index contributed by atoms with van der Waals surface area (Å²) in [4.78, 5) is 21.1. The van der Waals surface area contributed by atoms with Gasteiger partial charge in [-0.25, -0.2) is 9.97 Å². The molecule has 4 rings (SSSR count). The Labute approximate surface area is 164 Å². The maximum Gasteiger partial charge on any atom is 0.227 e. The Kier molecular flexibility index (Phi) is 6.58. The Hall–Kier alpha value is -2.15. The smallest absolute Gasteiger partial charge is 0.227 e. The first-order chi connectivity index (χ1) is 11.7. The second-order valence-corrected chi connectivity index (χ2v) is 6.27. The van der Waals surface area contributed by atoms with Crippen LogP contribution in [-0.4, -0.2) is 26.5 Å². The number of carbonyl (C=O) groups excluding carboxylic acids is 1. The maximum absolute atomic E-state index is 12.2. The van der Waals surface area contributed by atoms with Crippen LogP contribution < -0.4 is 11.1 Å². The van der Waals surface area contributed by atoms with E-state index in [2.05, 4.69) is 15.3 Å². The van der Waals surface area contributed by atoms with Crippen molar-refractivity contribution < 1.29 is 4.79 Å². The molecule has 1 saturated carbocycles. The summed E-state index contributed by atoms with van der Waals surface area (Å²) in [5.74, 6) is 0.812. The summed E-state index contributed by atoms with van der Waals surface area (Å²) in [5, 5.41) is 2.93. The average Bonchev–Trinajstić information content (AvgIpc) is 3.22. The second-order valence-electron chi connectivity index (χ2n) is 6.27. The third kappa shape index (κ3) is 3.98. The van der Waals surface area contributed by atoms with E-state index in [0.29, 0.717) is 5.69 Å². The van der Waals surface area contributed by atoms with Gasteiger partial charge in [-0.1, -0.05) is 12.1 Å². The van der Waals surface area contributed by atoms with Crippen LogP contribution in [0.25, 0.3) is 16.9 Å². The maximum atomic E-state index is 12.2. The van der Waals surface area contributed by atoms with Gasteiger partial charge >= 0.3 is 0 Å². The van der Waals surface area contributed by atoms with E-state index < -0.39 is 0 Å². The van der Waals surface area contributed by atoms with Crippen LogP contribution in [0.15, 0.2) is 48.9 Å². The number of imidazole rings is 1. The van der Waals surface area contributed by atoms with E-state index in [9.17, 15) is 4.79 Å². The average molecular weight is 394 g/mol. The van der Waals surface area contributed by atoms with Gasteiger partial charge in [0.15, 0.2) is 0 Å². The van der Waals surface area contributed by atoms with Crippen LogP contribution >= 0.6 is 24.8 Å². The molecule has 0 radical (unpaired) electrons. The summed E-state index contributed by atoms with van der Waals surface area (Å²) in [7, 11) is 0. The number of rotatable bonds is 3.